The molecule has 2 heterocycles. The standard InChI is InChI=1S/C23H20I2N2O5S/c24-17-4-1-15(2-5-17)14-32-19-6-3-16(11-18(19)25)12-20-22(29)27(23(30)33-20)13-21(28)26-7-9-31-10-8-26/h1-6,11-12H,7-10,13-14H2/b20-12+. The first-order chi connectivity index (χ1) is 15.9. The predicted molar refractivity (Wildman–Crippen MR) is 143 cm³/mol. The van der Waals surface area contributed by atoms with Gasteiger partial charge in [0.15, 0.2) is 0 Å². The predicted octanol–water partition coefficient (Wildman–Crippen LogP) is 4.37. The fraction of sp³-hybridized carbons (Fsp3) is 0.261. The summed E-state index contributed by atoms with van der Waals surface area (Å²) in [6.07, 6.45) is 1.68. The number of amides is 3. The van der Waals surface area contributed by atoms with Gasteiger partial charge >= 0.3 is 0 Å². The third-order valence-corrected chi connectivity index (χ3v) is 7.56. The van der Waals surface area contributed by atoms with Gasteiger partial charge in [-0.2, -0.15) is 0 Å². The van der Waals surface area contributed by atoms with Crippen molar-refractivity contribution in [2.24, 2.45) is 0 Å². The van der Waals surface area contributed by atoms with E-state index in [1.807, 2.05) is 42.5 Å². The van der Waals surface area contributed by atoms with Crippen molar-refractivity contribution in [2.75, 3.05) is 32.8 Å². The molecule has 2 saturated heterocycles. The minimum atomic E-state index is -0.444. The molecule has 0 bridgehead atoms. The van der Waals surface area contributed by atoms with Gasteiger partial charge in [0.2, 0.25) is 5.91 Å². The Morgan fingerprint density at radius 3 is 2.52 bits per heavy atom. The molecule has 2 aliphatic heterocycles. The Kier molecular flexibility index (Phi) is 8.30. The SMILES string of the molecule is O=C(CN1C(=O)S/C(=C/c2ccc(OCc3ccc(I)cc3)c(I)c2)C1=O)N1CCOCC1. The Morgan fingerprint density at radius 1 is 1.09 bits per heavy atom. The molecular weight excluding hydrogens is 670 g/mol. The average Bonchev–Trinajstić information content (AvgIpc) is 3.07. The highest BCUT2D eigenvalue weighted by Gasteiger charge is 2.37. The number of hydrogen-bond donors (Lipinski definition) is 0. The maximum atomic E-state index is 12.8. The van der Waals surface area contributed by atoms with Crippen LogP contribution in [0.1, 0.15) is 11.1 Å². The summed E-state index contributed by atoms with van der Waals surface area (Å²) in [5.41, 5.74) is 1.86. The maximum absolute atomic E-state index is 12.8. The number of rotatable bonds is 6. The van der Waals surface area contributed by atoms with Crippen LogP contribution in [-0.2, 0) is 20.9 Å². The Bertz CT molecular complexity index is 1100. The number of imide groups is 1. The Balaban J connectivity index is 1.40. The van der Waals surface area contributed by atoms with Gasteiger partial charge in [-0.25, -0.2) is 0 Å². The van der Waals surface area contributed by atoms with Crippen LogP contribution in [-0.4, -0.2) is 59.7 Å². The van der Waals surface area contributed by atoms with Crippen LogP contribution in [0.4, 0.5) is 4.79 Å². The summed E-state index contributed by atoms with van der Waals surface area (Å²) in [4.78, 5) is 40.5. The Hall–Kier alpha value is -1.64. The zero-order chi connectivity index (χ0) is 23.4. The number of halogens is 2. The van der Waals surface area contributed by atoms with E-state index in [-0.39, 0.29) is 12.5 Å². The molecule has 3 amide bonds. The van der Waals surface area contributed by atoms with E-state index in [9.17, 15) is 14.4 Å². The number of nitrogens with zero attached hydrogens (tertiary/aromatic N) is 2. The van der Waals surface area contributed by atoms with Crippen LogP contribution in [0, 0.1) is 7.14 Å². The second-order valence-electron chi connectivity index (χ2n) is 7.37. The van der Waals surface area contributed by atoms with Crippen molar-refractivity contribution >= 4 is 80.1 Å². The molecule has 0 atom stereocenters. The van der Waals surface area contributed by atoms with Crippen molar-refractivity contribution < 1.29 is 23.9 Å². The lowest BCUT2D eigenvalue weighted by Gasteiger charge is -2.28. The average molecular weight is 690 g/mol. The lowest BCUT2D eigenvalue weighted by Crippen LogP contribution is -2.46. The minimum absolute atomic E-state index is 0.244. The Morgan fingerprint density at radius 2 is 1.82 bits per heavy atom. The van der Waals surface area contributed by atoms with Crippen molar-refractivity contribution in [3.05, 3.63) is 65.6 Å². The van der Waals surface area contributed by atoms with Crippen LogP contribution >= 0.6 is 56.9 Å². The van der Waals surface area contributed by atoms with Gasteiger partial charge in [-0.1, -0.05) is 18.2 Å². The summed E-state index contributed by atoms with van der Waals surface area (Å²) in [6.45, 7) is 2.10. The number of morpholine rings is 1. The van der Waals surface area contributed by atoms with Crippen LogP contribution in [0.3, 0.4) is 0 Å². The van der Waals surface area contributed by atoms with Crippen molar-refractivity contribution in [3.8, 4) is 5.75 Å². The fourth-order valence-electron chi connectivity index (χ4n) is 3.30. The number of ether oxygens (including phenoxy) is 2. The van der Waals surface area contributed by atoms with Gasteiger partial charge in [0.1, 0.15) is 18.9 Å². The normalized spacial score (nSPS) is 17.7. The van der Waals surface area contributed by atoms with Crippen LogP contribution in [0.25, 0.3) is 6.08 Å². The van der Waals surface area contributed by atoms with E-state index in [1.165, 1.54) is 3.57 Å². The molecule has 2 fully saturated rings. The number of carbonyl (C=O) groups excluding carboxylic acids is 3. The number of carbonyl (C=O) groups is 3. The van der Waals surface area contributed by atoms with E-state index in [2.05, 4.69) is 45.2 Å². The molecule has 2 aromatic rings. The van der Waals surface area contributed by atoms with E-state index < -0.39 is 11.1 Å². The second-order valence-corrected chi connectivity index (χ2v) is 10.8. The molecule has 172 valence electrons. The molecule has 0 saturated carbocycles. The monoisotopic (exact) mass is 690 g/mol. The summed E-state index contributed by atoms with van der Waals surface area (Å²) in [6, 6.07) is 13.7. The zero-order valence-electron chi connectivity index (χ0n) is 17.5. The summed E-state index contributed by atoms with van der Waals surface area (Å²) in [5.74, 6) is 0.0576. The second kappa shape index (κ2) is 11.2. The van der Waals surface area contributed by atoms with E-state index in [4.69, 9.17) is 9.47 Å². The first kappa shape index (κ1) is 24.5. The molecular formula is C23H20I2N2O5S. The highest BCUT2D eigenvalue weighted by molar-refractivity contribution is 14.1. The van der Waals surface area contributed by atoms with Gasteiger partial charge in [0, 0.05) is 16.7 Å². The van der Waals surface area contributed by atoms with Gasteiger partial charge in [-0.05, 0) is 98.4 Å². The molecule has 2 aliphatic rings. The molecule has 0 unspecified atom stereocenters. The maximum Gasteiger partial charge on any atom is 0.294 e. The van der Waals surface area contributed by atoms with Crippen molar-refractivity contribution in [3.63, 3.8) is 0 Å². The van der Waals surface area contributed by atoms with Gasteiger partial charge < -0.3 is 14.4 Å². The summed E-state index contributed by atoms with van der Waals surface area (Å²) in [5, 5.41) is -0.431. The molecule has 10 heteroatoms. The van der Waals surface area contributed by atoms with Gasteiger partial charge in [-0.15, -0.1) is 0 Å². The molecule has 2 aromatic carbocycles. The lowest BCUT2D eigenvalue weighted by atomic mass is 10.2. The first-order valence-electron chi connectivity index (χ1n) is 10.2. The molecule has 7 nitrogen and oxygen atoms in total. The minimum Gasteiger partial charge on any atom is -0.488 e. The summed E-state index contributed by atoms with van der Waals surface area (Å²) >= 11 is 5.31. The van der Waals surface area contributed by atoms with Crippen LogP contribution in [0.5, 0.6) is 5.75 Å². The summed E-state index contributed by atoms with van der Waals surface area (Å²) < 4.78 is 13.2. The van der Waals surface area contributed by atoms with E-state index in [0.29, 0.717) is 37.8 Å². The number of benzene rings is 2. The highest BCUT2D eigenvalue weighted by Crippen LogP contribution is 2.33. The molecule has 0 N–H and O–H groups in total. The smallest absolute Gasteiger partial charge is 0.294 e. The van der Waals surface area contributed by atoms with Gasteiger partial charge in [0.05, 0.1) is 21.7 Å². The molecule has 33 heavy (non-hydrogen) atoms. The van der Waals surface area contributed by atoms with Crippen molar-refractivity contribution in [1.29, 1.82) is 0 Å². The third kappa shape index (κ3) is 6.28. The molecule has 0 aliphatic carbocycles. The van der Waals surface area contributed by atoms with Crippen molar-refractivity contribution in [1.82, 2.24) is 9.80 Å². The van der Waals surface area contributed by atoms with E-state index in [1.54, 1.807) is 11.0 Å². The van der Waals surface area contributed by atoms with Crippen LogP contribution in [0.2, 0.25) is 0 Å². The van der Waals surface area contributed by atoms with Gasteiger partial charge in [0.25, 0.3) is 11.1 Å². The van der Waals surface area contributed by atoms with Crippen molar-refractivity contribution in [2.45, 2.75) is 6.61 Å². The molecule has 0 spiro atoms. The third-order valence-electron chi connectivity index (χ3n) is 5.09. The topological polar surface area (TPSA) is 76.2 Å². The highest BCUT2D eigenvalue weighted by atomic mass is 127. The van der Waals surface area contributed by atoms with Crippen LogP contribution < -0.4 is 4.74 Å². The largest absolute Gasteiger partial charge is 0.488 e. The first-order valence-corrected chi connectivity index (χ1v) is 13.2. The fourth-order valence-corrected chi connectivity index (χ4v) is 5.19. The molecule has 0 aromatic heterocycles. The van der Waals surface area contributed by atoms with E-state index >= 15 is 0 Å². The number of hydrogen-bond acceptors (Lipinski definition) is 6. The zero-order valence-corrected chi connectivity index (χ0v) is 22.6. The van der Waals surface area contributed by atoms with Gasteiger partial charge in [-0.3, -0.25) is 19.3 Å². The quantitative estimate of drug-likeness (QED) is 0.332. The summed E-state index contributed by atoms with van der Waals surface area (Å²) in [7, 11) is 0. The lowest BCUT2D eigenvalue weighted by molar-refractivity contribution is -0.139. The molecule has 4 rings (SSSR count). The Labute approximate surface area is 223 Å². The van der Waals surface area contributed by atoms with Crippen LogP contribution in [0.15, 0.2) is 47.4 Å². The number of thioether (sulfide) groups is 1. The molecule has 0 radical (unpaired) electrons. The van der Waals surface area contributed by atoms with E-state index in [0.717, 1.165) is 37.1 Å².